The molecule has 3 heterocycles. The summed E-state index contributed by atoms with van der Waals surface area (Å²) in [5, 5.41) is 18.4. The van der Waals surface area contributed by atoms with Crippen LogP contribution in [0.25, 0.3) is 5.82 Å². The molecule has 0 fully saturated rings. The molecule has 0 aliphatic heterocycles. The van der Waals surface area contributed by atoms with E-state index >= 15 is 0 Å². The van der Waals surface area contributed by atoms with E-state index in [0.717, 1.165) is 5.69 Å². The highest BCUT2D eigenvalue weighted by Crippen LogP contribution is 2.20. The number of amides is 1. The normalized spacial score (nSPS) is 10.6. The molecular formula is C20H18N6O2. The SMILES string of the molecule is Cc1cc(C(=O)Nc2ccc(Nc3ccc(-n4cccn4)nn3)cc2)c(C)o1. The van der Waals surface area contributed by atoms with Gasteiger partial charge in [0, 0.05) is 23.8 Å². The van der Waals surface area contributed by atoms with Gasteiger partial charge >= 0.3 is 0 Å². The lowest BCUT2D eigenvalue weighted by molar-refractivity contribution is 0.102. The van der Waals surface area contributed by atoms with Crippen LogP contribution in [0.1, 0.15) is 21.9 Å². The molecule has 0 spiro atoms. The molecule has 8 nitrogen and oxygen atoms in total. The average molecular weight is 374 g/mol. The second kappa shape index (κ2) is 7.36. The summed E-state index contributed by atoms with van der Waals surface area (Å²) in [7, 11) is 0. The molecule has 0 radical (unpaired) electrons. The summed E-state index contributed by atoms with van der Waals surface area (Å²) in [5.74, 6) is 2.36. The lowest BCUT2D eigenvalue weighted by Crippen LogP contribution is -2.12. The highest BCUT2D eigenvalue weighted by molar-refractivity contribution is 6.05. The van der Waals surface area contributed by atoms with Gasteiger partial charge in [0.1, 0.15) is 11.5 Å². The second-order valence-electron chi connectivity index (χ2n) is 6.21. The van der Waals surface area contributed by atoms with E-state index in [-0.39, 0.29) is 5.91 Å². The van der Waals surface area contributed by atoms with Gasteiger partial charge in [0.15, 0.2) is 11.6 Å². The fourth-order valence-electron chi connectivity index (χ4n) is 2.76. The van der Waals surface area contributed by atoms with Gasteiger partial charge in [-0.1, -0.05) is 0 Å². The standard InChI is InChI=1S/C20H18N6O2/c1-13-12-17(14(2)28-13)20(27)23-16-6-4-15(5-7-16)22-18-8-9-19(25-24-18)26-11-3-10-21-26/h3-12H,1-2H3,(H,22,24)(H,23,27). The Morgan fingerprint density at radius 3 is 2.43 bits per heavy atom. The van der Waals surface area contributed by atoms with Crippen LogP contribution in [0.3, 0.4) is 0 Å². The number of carbonyl (C=O) groups excluding carboxylic acids is 1. The number of aryl methyl sites for hydroxylation is 2. The number of hydrogen-bond acceptors (Lipinski definition) is 6. The van der Waals surface area contributed by atoms with E-state index in [0.29, 0.717) is 34.4 Å². The maximum Gasteiger partial charge on any atom is 0.259 e. The van der Waals surface area contributed by atoms with Gasteiger partial charge in [-0.15, -0.1) is 10.2 Å². The fourth-order valence-corrected chi connectivity index (χ4v) is 2.76. The molecule has 0 saturated heterocycles. The molecule has 0 atom stereocenters. The Kier molecular flexibility index (Phi) is 4.59. The zero-order valence-electron chi connectivity index (χ0n) is 15.4. The van der Waals surface area contributed by atoms with Gasteiger partial charge in [-0.2, -0.15) is 5.10 Å². The summed E-state index contributed by atoms with van der Waals surface area (Å²) < 4.78 is 7.04. The van der Waals surface area contributed by atoms with E-state index in [2.05, 4.69) is 25.9 Å². The molecule has 0 bridgehead atoms. The van der Waals surface area contributed by atoms with Crippen LogP contribution in [0, 0.1) is 13.8 Å². The van der Waals surface area contributed by atoms with Crippen molar-refractivity contribution in [2.24, 2.45) is 0 Å². The minimum absolute atomic E-state index is 0.199. The molecule has 4 aromatic rings. The summed E-state index contributed by atoms with van der Waals surface area (Å²) in [6, 6.07) is 14.5. The number of hydrogen-bond donors (Lipinski definition) is 2. The molecule has 8 heteroatoms. The van der Waals surface area contributed by atoms with Crippen LogP contribution in [0.2, 0.25) is 0 Å². The van der Waals surface area contributed by atoms with Crippen LogP contribution in [-0.4, -0.2) is 25.9 Å². The van der Waals surface area contributed by atoms with E-state index < -0.39 is 0 Å². The number of nitrogens with one attached hydrogen (secondary N) is 2. The van der Waals surface area contributed by atoms with Crippen molar-refractivity contribution >= 4 is 23.1 Å². The average Bonchev–Trinajstić information content (AvgIpc) is 3.33. The van der Waals surface area contributed by atoms with Crippen LogP contribution >= 0.6 is 0 Å². The Balaban J connectivity index is 1.40. The molecule has 3 aromatic heterocycles. The minimum atomic E-state index is -0.199. The van der Waals surface area contributed by atoms with Crippen molar-refractivity contribution in [3.63, 3.8) is 0 Å². The van der Waals surface area contributed by atoms with Gasteiger partial charge in [-0.25, -0.2) is 4.68 Å². The molecule has 2 N–H and O–H groups in total. The van der Waals surface area contributed by atoms with Crippen molar-refractivity contribution < 1.29 is 9.21 Å². The van der Waals surface area contributed by atoms with Gasteiger partial charge in [-0.05, 0) is 62.4 Å². The van der Waals surface area contributed by atoms with E-state index in [9.17, 15) is 4.79 Å². The molecule has 0 aliphatic carbocycles. The van der Waals surface area contributed by atoms with E-state index in [1.165, 1.54) is 0 Å². The largest absolute Gasteiger partial charge is 0.466 e. The highest BCUT2D eigenvalue weighted by atomic mass is 16.3. The lowest BCUT2D eigenvalue weighted by Gasteiger charge is -2.08. The molecule has 28 heavy (non-hydrogen) atoms. The molecule has 0 aliphatic rings. The monoisotopic (exact) mass is 374 g/mol. The minimum Gasteiger partial charge on any atom is -0.466 e. The van der Waals surface area contributed by atoms with Gasteiger partial charge < -0.3 is 15.1 Å². The second-order valence-corrected chi connectivity index (χ2v) is 6.21. The molecule has 0 unspecified atom stereocenters. The quantitative estimate of drug-likeness (QED) is 0.550. The highest BCUT2D eigenvalue weighted by Gasteiger charge is 2.13. The third-order valence-electron chi connectivity index (χ3n) is 4.09. The van der Waals surface area contributed by atoms with Crippen molar-refractivity contribution in [2.75, 3.05) is 10.6 Å². The maximum atomic E-state index is 12.3. The van der Waals surface area contributed by atoms with Crippen molar-refractivity contribution in [1.29, 1.82) is 0 Å². The van der Waals surface area contributed by atoms with Gasteiger partial charge in [0.25, 0.3) is 5.91 Å². The Labute approximate surface area is 161 Å². The van der Waals surface area contributed by atoms with Crippen molar-refractivity contribution in [3.05, 3.63) is 78.0 Å². The fraction of sp³-hybridized carbons (Fsp3) is 0.100. The molecule has 1 amide bonds. The molecule has 4 rings (SSSR count). The van der Waals surface area contributed by atoms with Crippen LogP contribution in [-0.2, 0) is 0 Å². The number of nitrogens with zero attached hydrogens (tertiary/aromatic N) is 4. The number of benzene rings is 1. The summed E-state index contributed by atoms with van der Waals surface area (Å²) >= 11 is 0. The van der Waals surface area contributed by atoms with E-state index in [1.54, 1.807) is 30.1 Å². The zero-order chi connectivity index (χ0) is 19.5. The number of furan rings is 1. The van der Waals surface area contributed by atoms with Gasteiger partial charge in [0.05, 0.1) is 5.56 Å². The predicted octanol–water partition coefficient (Wildman–Crippen LogP) is 3.87. The molecule has 140 valence electrons. The Hall–Kier alpha value is -3.94. The molecule has 1 aromatic carbocycles. The van der Waals surface area contributed by atoms with Crippen LogP contribution in [0.5, 0.6) is 0 Å². The maximum absolute atomic E-state index is 12.3. The van der Waals surface area contributed by atoms with E-state index in [4.69, 9.17) is 4.42 Å². The topological polar surface area (TPSA) is 97.9 Å². The third-order valence-corrected chi connectivity index (χ3v) is 4.09. The lowest BCUT2D eigenvalue weighted by atomic mass is 10.2. The Morgan fingerprint density at radius 1 is 1.04 bits per heavy atom. The third kappa shape index (κ3) is 3.75. The number of aromatic nitrogens is 4. The van der Waals surface area contributed by atoms with E-state index in [1.807, 2.05) is 49.4 Å². The van der Waals surface area contributed by atoms with Crippen LogP contribution in [0.4, 0.5) is 17.2 Å². The Bertz CT molecular complexity index is 1080. The first kappa shape index (κ1) is 17.5. The summed E-state index contributed by atoms with van der Waals surface area (Å²) in [6.45, 7) is 3.59. The molecular weight excluding hydrogens is 356 g/mol. The first-order valence-electron chi connectivity index (χ1n) is 8.68. The first-order chi connectivity index (χ1) is 13.6. The van der Waals surface area contributed by atoms with Crippen molar-refractivity contribution in [1.82, 2.24) is 20.0 Å². The van der Waals surface area contributed by atoms with Crippen LogP contribution in [0.15, 0.2) is 65.3 Å². The van der Waals surface area contributed by atoms with Gasteiger partial charge in [-0.3, -0.25) is 4.79 Å². The number of carbonyl (C=O) groups is 1. The summed E-state index contributed by atoms with van der Waals surface area (Å²) in [5.41, 5.74) is 2.05. The van der Waals surface area contributed by atoms with Crippen molar-refractivity contribution in [2.45, 2.75) is 13.8 Å². The van der Waals surface area contributed by atoms with Gasteiger partial charge in [0.2, 0.25) is 0 Å². The summed E-state index contributed by atoms with van der Waals surface area (Å²) in [4.78, 5) is 12.3. The number of anilines is 3. The summed E-state index contributed by atoms with van der Waals surface area (Å²) in [6.07, 6.45) is 3.49. The molecule has 0 saturated carbocycles. The smallest absolute Gasteiger partial charge is 0.259 e. The van der Waals surface area contributed by atoms with Crippen LogP contribution < -0.4 is 10.6 Å². The predicted molar refractivity (Wildman–Crippen MR) is 105 cm³/mol. The number of rotatable bonds is 5. The first-order valence-corrected chi connectivity index (χ1v) is 8.68. The van der Waals surface area contributed by atoms with Crippen molar-refractivity contribution in [3.8, 4) is 5.82 Å². The zero-order valence-corrected chi connectivity index (χ0v) is 15.4. The Morgan fingerprint density at radius 2 is 1.82 bits per heavy atom.